The number of rotatable bonds is 7. The van der Waals surface area contributed by atoms with E-state index in [4.69, 9.17) is 9.84 Å². The first kappa shape index (κ1) is 17.1. The molecule has 4 nitrogen and oxygen atoms in total. The Morgan fingerprint density at radius 2 is 1.69 bits per heavy atom. The van der Waals surface area contributed by atoms with E-state index in [1.165, 1.54) is 24.1 Å². The van der Waals surface area contributed by atoms with Gasteiger partial charge in [0.15, 0.2) is 0 Å². The highest BCUT2D eigenvalue weighted by molar-refractivity contribution is 5.87. The molecule has 2 bridgehead atoms. The molecule has 2 aromatic rings. The molecule has 2 aliphatic rings. The second kappa shape index (κ2) is 7.50. The summed E-state index contributed by atoms with van der Waals surface area (Å²) < 4.78 is 6.21. The minimum absolute atomic E-state index is 0.349. The van der Waals surface area contributed by atoms with Crippen molar-refractivity contribution < 1.29 is 14.6 Å². The zero-order valence-corrected chi connectivity index (χ0v) is 14.8. The fraction of sp³-hybridized carbons (Fsp3) is 0.409. The number of aromatic carboxylic acids is 1. The number of nitrogens with one attached hydrogen (secondary N) is 1. The van der Waals surface area contributed by atoms with Gasteiger partial charge in [-0.25, -0.2) is 4.79 Å². The van der Waals surface area contributed by atoms with Crippen LogP contribution in [0.4, 0.5) is 5.69 Å². The van der Waals surface area contributed by atoms with Gasteiger partial charge in [-0.1, -0.05) is 30.3 Å². The van der Waals surface area contributed by atoms with Crippen molar-refractivity contribution in [1.29, 1.82) is 0 Å². The quantitative estimate of drug-likeness (QED) is 0.784. The molecule has 2 aromatic carbocycles. The lowest BCUT2D eigenvalue weighted by Gasteiger charge is -2.28. The monoisotopic (exact) mass is 351 g/mol. The van der Waals surface area contributed by atoms with Crippen LogP contribution in [0.3, 0.4) is 0 Å². The van der Waals surface area contributed by atoms with Gasteiger partial charge in [-0.3, -0.25) is 0 Å². The third kappa shape index (κ3) is 3.61. The lowest BCUT2D eigenvalue weighted by molar-refractivity contribution is 0.0697. The van der Waals surface area contributed by atoms with E-state index in [1.807, 2.05) is 18.2 Å². The van der Waals surface area contributed by atoms with Gasteiger partial charge >= 0.3 is 5.97 Å². The Morgan fingerprint density at radius 1 is 1.00 bits per heavy atom. The van der Waals surface area contributed by atoms with E-state index in [-0.39, 0.29) is 0 Å². The summed E-state index contributed by atoms with van der Waals surface area (Å²) in [6.45, 7) is 0.952. The number of carboxylic acids is 1. The minimum atomic E-state index is -0.870. The number of anilines is 1. The van der Waals surface area contributed by atoms with Crippen molar-refractivity contribution in [1.82, 2.24) is 0 Å². The van der Waals surface area contributed by atoms with Crippen molar-refractivity contribution >= 4 is 11.7 Å². The van der Waals surface area contributed by atoms with Gasteiger partial charge in [-0.15, -0.1) is 0 Å². The molecule has 136 valence electrons. The molecule has 2 heterocycles. The Bertz CT molecular complexity index is 744. The van der Waals surface area contributed by atoms with E-state index in [1.54, 1.807) is 12.1 Å². The summed E-state index contributed by atoms with van der Waals surface area (Å²) in [5.41, 5.74) is 2.72. The van der Waals surface area contributed by atoms with Gasteiger partial charge in [-0.05, 0) is 61.4 Å². The van der Waals surface area contributed by atoms with E-state index < -0.39 is 5.97 Å². The van der Waals surface area contributed by atoms with Crippen molar-refractivity contribution in [3.05, 3.63) is 65.7 Å². The number of hydrogen-bond donors (Lipinski definition) is 2. The number of aryl methyl sites for hydroxylation is 1. The van der Waals surface area contributed by atoms with Gasteiger partial charge in [0, 0.05) is 18.2 Å². The summed E-state index contributed by atoms with van der Waals surface area (Å²) in [6, 6.07) is 17.6. The molecule has 0 aliphatic carbocycles. The predicted molar refractivity (Wildman–Crippen MR) is 102 cm³/mol. The molecule has 2 saturated heterocycles. The van der Waals surface area contributed by atoms with Crippen molar-refractivity contribution in [3.8, 4) is 0 Å². The van der Waals surface area contributed by atoms with Crippen LogP contribution in [0, 0.1) is 11.8 Å². The number of para-hydroxylation sites is 1. The Hall–Kier alpha value is -2.33. The molecule has 4 atom stereocenters. The summed E-state index contributed by atoms with van der Waals surface area (Å²) in [5, 5.41) is 12.6. The van der Waals surface area contributed by atoms with Crippen molar-refractivity contribution in [3.63, 3.8) is 0 Å². The molecule has 2 N–H and O–H groups in total. The average Bonchev–Trinajstić information content (AvgIpc) is 3.27. The molecule has 2 fully saturated rings. The van der Waals surface area contributed by atoms with Crippen LogP contribution < -0.4 is 5.32 Å². The molecule has 4 rings (SSSR count). The molecule has 0 saturated carbocycles. The van der Waals surface area contributed by atoms with E-state index in [0.717, 1.165) is 19.4 Å². The van der Waals surface area contributed by atoms with Crippen LogP contribution in [-0.2, 0) is 11.2 Å². The molecule has 2 aliphatic heterocycles. The number of ether oxygens (including phenoxy) is 1. The van der Waals surface area contributed by atoms with E-state index in [9.17, 15) is 4.79 Å². The zero-order chi connectivity index (χ0) is 17.9. The molecule has 4 heteroatoms. The Balaban J connectivity index is 1.37. The fourth-order valence-corrected chi connectivity index (χ4v) is 4.49. The van der Waals surface area contributed by atoms with Crippen LogP contribution >= 0.6 is 0 Å². The number of carbonyl (C=O) groups is 1. The number of fused-ring (bicyclic) bond motifs is 2. The number of carboxylic acid groups (broad SMARTS) is 1. The summed E-state index contributed by atoms with van der Waals surface area (Å²) in [4.78, 5) is 11.0. The Kier molecular flexibility index (Phi) is 4.93. The molecule has 0 amide bonds. The van der Waals surface area contributed by atoms with Crippen LogP contribution in [0.25, 0.3) is 0 Å². The summed E-state index contributed by atoms with van der Waals surface area (Å²) in [6.07, 6.45) is 5.19. The van der Waals surface area contributed by atoms with Crippen molar-refractivity contribution in [2.75, 3.05) is 11.9 Å². The predicted octanol–water partition coefficient (Wildman–Crippen LogP) is 4.22. The van der Waals surface area contributed by atoms with Gasteiger partial charge < -0.3 is 15.2 Å². The second-order valence-electron chi connectivity index (χ2n) is 7.41. The molecule has 26 heavy (non-hydrogen) atoms. The lowest BCUT2D eigenvalue weighted by atomic mass is 9.76. The second-order valence-corrected chi connectivity index (χ2v) is 7.41. The van der Waals surface area contributed by atoms with Crippen LogP contribution in [-0.4, -0.2) is 29.8 Å². The van der Waals surface area contributed by atoms with Crippen LogP contribution in [0.1, 0.15) is 35.2 Å². The first-order valence-electron chi connectivity index (χ1n) is 9.47. The van der Waals surface area contributed by atoms with Gasteiger partial charge in [0.2, 0.25) is 0 Å². The van der Waals surface area contributed by atoms with Gasteiger partial charge in [0.1, 0.15) is 0 Å². The largest absolute Gasteiger partial charge is 0.478 e. The molecule has 0 radical (unpaired) electrons. The first-order valence-corrected chi connectivity index (χ1v) is 9.47. The van der Waals surface area contributed by atoms with E-state index >= 15 is 0 Å². The average molecular weight is 351 g/mol. The van der Waals surface area contributed by atoms with Gasteiger partial charge in [0.05, 0.1) is 17.8 Å². The third-order valence-electron chi connectivity index (χ3n) is 5.87. The smallest absolute Gasteiger partial charge is 0.335 e. The fourth-order valence-electron chi connectivity index (χ4n) is 4.49. The Labute approximate surface area is 154 Å². The maximum atomic E-state index is 11.0. The highest BCUT2D eigenvalue weighted by Crippen LogP contribution is 2.45. The Morgan fingerprint density at radius 3 is 2.38 bits per heavy atom. The molecular weight excluding hydrogens is 326 g/mol. The maximum Gasteiger partial charge on any atom is 0.335 e. The number of benzene rings is 2. The van der Waals surface area contributed by atoms with Crippen molar-refractivity contribution in [2.45, 2.75) is 37.9 Å². The maximum absolute atomic E-state index is 11.0. The topological polar surface area (TPSA) is 58.6 Å². The normalized spacial score (nSPS) is 26.8. The van der Waals surface area contributed by atoms with Gasteiger partial charge in [0.25, 0.3) is 0 Å². The third-order valence-corrected chi connectivity index (χ3v) is 5.87. The number of hydrogen-bond acceptors (Lipinski definition) is 3. The SMILES string of the molecule is O=C(O)c1ccc(CC[C@H]2C3CC[C@H](O3)[C@@H]2CNc2ccccc2)cc1. The molecule has 1 unspecified atom stereocenters. The van der Waals surface area contributed by atoms with Crippen LogP contribution in [0.2, 0.25) is 0 Å². The van der Waals surface area contributed by atoms with Crippen molar-refractivity contribution in [2.24, 2.45) is 11.8 Å². The molecule has 0 spiro atoms. The standard InChI is InChI=1S/C22H25NO3/c24-22(25)16-9-6-15(7-10-16)8-11-18-19(21-13-12-20(18)26-21)14-23-17-4-2-1-3-5-17/h1-7,9-10,18-21,23H,8,11-14H2,(H,24,25)/t18-,19-,20?,21+/m1/s1. The summed E-state index contributed by atoms with van der Waals surface area (Å²) in [5.74, 6) is 0.251. The van der Waals surface area contributed by atoms with E-state index in [2.05, 4.69) is 29.6 Å². The van der Waals surface area contributed by atoms with Crippen LogP contribution in [0.15, 0.2) is 54.6 Å². The van der Waals surface area contributed by atoms with Gasteiger partial charge in [-0.2, -0.15) is 0 Å². The lowest BCUT2D eigenvalue weighted by Crippen LogP contribution is -2.33. The van der Waals surface area contributed by atoms with Crippen LogP contribution in [0.5, 0.6) is 0 Å². The van der Waals surface area contributed by atoms with E-state index in [0.29, 0.717) is 29.6 Å². The minimum Gasteiger partial charge on any atom is -0.478 e. The highest BCUT2D eigenvalue weighted by atomic mass is 16.5. The molecular formula is C22H25NO3. The summed E-state index contributed by atoms with van der Waals surface area (Å²) in [7, 11) is 0. The highest BCUT2D eigenvalue weighted by Gasteiger charge is 2.48. The summed E-state index contributed by atoms with van der Waals surface area (Å²) >= 11 is 0. The first-order chi connectivity index (χ1) is 12.7. The molecule has 0 aromatic heterocycles. The zero-order valence-electron chi connectivity index (χ0n) is 14.8.